The van der Waals surface area contributed by atoms with Crippen LogP contribution in [0.25, 0.3) is 0 Å². The normalized spacial score (nSPS) is 12.2. The Hall–Kier alpha value is -1.33. The van der Waals surface area contributed by atoms with E-state index < -0.39 is 0 Å². The molecule has 20 heavy (non-hydrogen) atoms. The highest BCUT2D eigenvalue weighted by molar-refractivity contribution is 9.10. The second-order valence-corrected chi connectivity index (χ2v) is 7.06. The summed E-state index contributed by atoms with van der Waals surface area (Å²) in [6.45, 7) is 4.09. The summed E-state index contributed by atoms with van der Waals surface area (Å²) in [6, 6.07) is 9.52. The van der Waals surface area contributed by atoms with Gasteiger partial charge in [-0.2, -0.15) is 0 Å². The third-order valence-electron chi connectivity index (χ3n) is 2.92. The monoisotopic (exact) mass is 352 g/mol. The number of hydrogen-bond donors (Lipinski definition) is 2. The van der Waals surface area contributed by atoms with Crippen molar-refractivity contribution >= 4 is 38.9 Å². The molecule has 0 aliphatic carbocycles. The van der Waals surface area contributed by atoms with E-state index in [4.69, 9.17) is 5.73 Å². The van der Waals surface area contributed by atoms with Crippen LogP contribution in [-0.2, 0) is 6.42 Å². The minimum absolute atomic E-state index is 0.0777. The average Bonchev–Trinajstić information content (AvgIpc) is 2.77. The molecule has 1 unspecified atom stereocenters. The van der Waals surface area contributed by atoms with Crippen LogP contribution in [0.4, 0.5) is 5.69 Å². The maximum Gasteiger partial charge on any atom is 0.252 e. The third-order valence-corrected chi connectivity index (χ3v) is 4.63. The van der Waals surface area contributed by atoms with Crippen LogP contribution in [0.3, 0.4) is 0 Å². The maximum absolute atomic E-state index is 12.2. The number of amides is 1. The summed E-state index contributed by atoms with van der Waals surface area (Å²) in [5, 5.41) is 3.00. The summed E-state index contributed by atoms with van der Waals surface area (Å²) in [4.78, 5) is 14.8. The molecule has 0 saturated heterocycles. The first-order valence-corrected chi connectivity index (χ1v) is 7.98. The molecule has 0 spiro atoms. The Labute approximate surface area is 131 Å². The number of carbonyl (C=O) groups is 1. The molecule has 1 heterocycles. The summed E-state index contributed by atoms with van der Waals surface area (Å²) < 4.78 is 0.753. The molecule has 1 atom stereocenters. The van der Waals surface area contributed by atoms with E-state index in [2.05, 4.69) is 40.3 Å². The van der Waals surface area contributed by atoms with Crippen molar-refractivity contribution in [3.8, 4) is 0 Å². The number of benzene rings is 1. The van der Waals surface area contributed by atoms with E-state index in [0.717, 1.165) is 10.9 Å². The molecule has 2 rings (SSSR count). The second-order valence-electron chi connectivity index (χ2n) is 4.83. The minimum atomic E-state index is -0.107. The van der Waals surface area contributed by atoms with Gasteiger partial charge in [-0.3, -0.25) is 4.79 Å². The summed E-state index contributed by atoms with van der Waals surface area (Å²) in [7, 11) is 0. The topological polar surface area (TPSA) is 55.1 Å². The molecular weight excluding hydrogens is 336 g/mol. The van der Waals surface area contributed by atoms with Crippen LogP contribution in [0, 0.1) is 6.92 Å². The van der Waals surface area contributed by atoms with Crippen LogP contribution in [0.5, 0.6) is 0 Å². The van der Waals surface area contributed by atoms with Crippen LogP contribution in [0.1, 0.15) is 27.0 Å². The first kappa shape index (κ1) is 15.1. The number of aryl methyl sites for hydroxylation is 1. The number of carbonyl (C=O) groups excluding carboxylic acids is 1. The number of nitrogen functional groups attached to an aromatic ring is 1. The van der Waals surface area contributed by atoms with Gasteiger partial charge in [-0.1, -0.05) is 0 Å². The highest BCUT2D eigenvalue weighted by Crippen LogP contribution is 2.20. The van der Waals surface area contributed by atoms with E-state index >= 15 is 0 Å². The molecule has 0 saturated carbocycles. The van der Waals surface area contributed by atoms with Gasteiger partial charge in [0.2, 0.25) is 0 Å². The zero-order valence-electron chi connectivity index (χ0n) is 11.4. The number of nitrogens with one attached hydrogen (secondary N) is 1. The molecule has 3 nitrogen and oxygen atoms in total. The van der Waals surface area contributed by atoms with E-state index in [-0.39, 0.29) is 11.9 Å². The fourth-order valence-electron chi connectivity index (χ4n) is 1.97. The fraction of sp³-hybridized carbons (Fsp3) is 0.267. The first-order valence-electron chi connectivity index (χ1n) is 6.37. The first-order chi connectivity index (χ1) is 9.45. The Bertz CT molecular complexity index is 624. The van der Waals surface area contributed by atoms with Crippen molar-refractivity contribution < 1.29 is 4.79 Å². The standard InChI is InChI=1S/C15H17BrN2OS/c1-9(7-12-5-3-10(2)20-12)18-15(19)13-8-11(17)4-6-14(13)16/h3-6,8-9H,7,17H2,1-2H3,(H,18,19). The van der Waals surface area contributed by atoms with Crippen molar-refractivity contribution in [3.63, 3.8) is 0 Å². The Morgan fingerprint density at radius 3 is 2.80 bits per heavy atom. The maximum atomic E-state index is 12.2. The zero-order chi connectivity index (χ0) is 14.7. The van der Waals surface area contributed by atoms with Gasteiger partial charge in [-0.05, 0) is 60.1 Å². The van der Waals surface area contributed by atoms with E-state index in [1.165, 1.54) is 9.75 Å². The molecule has 106 valence electrons. The number of rotatable bonds is 4. The van der Waals surface area contributed by atoms with Crippen LogP contribution >= 0.6 is 27.3 Å². The van der Waals surface area contributed by atoms with E-state index in [1.54, 1.807) is 29.5 Å². The number of thiophene rings is 1. The Kier molecular flexibility index (Phi) is 4.83. The van der Waals surface area contributed by atoms with Gasteiger partial charge in [0.05, 0.1) is 5.56 Å². The minimum Gasteiger partial charge on any atom is -0.399 e. The van der Waals surface area contributed by atoms with Crippen LogP contribution < -0.4 is 11.1 Å². The smallest absolute Gasteiger partial charge is 0.252 e. The van der Waals surface area contributed by atoms with Crippen molar-refractivity contribution in [3.05, 3.63) is 50.1 Å². The predicted octanol–water partition coefficient (Wildman–Crippen LogP) is 3.76. The number of anilines is 1. The molecule has 2 aromatic rings. The highest BCUT2D eigenvalue weighted by atomic mass is 79.9. The van der Waals surface area contributed by atoms with E-state index in [9.17, 15) is 4.79 Å². The Balaban J connectivity index is 2.02. The van der Waals surface area contributed by atoms with Crippen LogP contribution in [-0.4, -0.2) is 11.9 Å². The van der Waals surface area contributed by atoms with Gasteiger partial charge in [-0.15, -0.1) is 11.3 Å². The van der Waals surface area contributed by atoms with Crippen molar-refractivity contribution in [1.29, 1.82) is 0 Å². The molecule has 0 fully saturated rings. The van der Waals surface area contributed by atoms with E-state index in [1.807, 2.05) is 6.92 Å². The van der Waals surface area contributed by atoms with Gasteiger partial charge in [-0.25, -0.2) is 0 Å². The lowest BCUT2D eigenvalue weighted by Gasteiger charge is -2.14. The molecular formula is C15H17BrN2OS. The summed E-state index contributed by atoms with van der Waals surface area (Å²) in [5.41, 5.74) is 6.88. The van der Waals surface area contributed by atoms with Gasteiger partial charge < -0.3 is 11.1 Å². The zero-order valence-corrected chi connectivity index (χ0v) is 13.8. The average molecular weight is 353 g/mol. The molecule has 1 aromatic heterocycles. The molecule has 0 bridgehead atoms. The van der Waals surface area contributed by atoms with Gasteiger partial charge in [0, 0.05) is 32.4 Å². The number of hydrogen-bond acceptors (Lipinski definition) is 3. The summed E-state index contributed by atoms with van der Waals surface area (Å²) in [5.74, 6) is -0.107. The molecule has 3 N–H and O–H groups in total. The van der Waals surface area contributed by atoms with E-state index in [0.29, 0.717) is 11.3 Å². The second kappa shape index (κ2) is 6.41. The fourth-order valence-corrected chi connectivity index (χ4v) is 3.41. The lowest BCUT2D eigenvalue weighted by molar-refractivity contribution is 0.0939. The molecule has 1 aromatic carbocycles. The Morgan fingerprint density at radius 2 is 2.15 bits per heavy atom. The largest absolute Gasteiger partial charge is 0.399 e. The third kappa shape index (κ3) is 3.84. The lowest BCUT2D eigenvalue weighted by atomic mass is 10.1. The highest BCUT2D eigenvalue weighted by Gasteiger charge is 2.14. The van der Waals surface area contributed by atoms with Crippen molar-refractivity contribution in [2.45, 2.75) is 26.3 Å². The van der Waals surface area contributed by atoms with Crippen molar-refractivity contribution in [2.24, 2.45) is 0 Å². The van der Waals surface area contributed by atoms with Gasteiger partial charge in [0.25, 0.3) is 5.91 Å². The van der Waals surface area contributed by atoms with Gasteiger partial charge in [0.1, 0.15) is 0 Å². The van der Waals surface area contributed by atoms with Crippen LogP contribution in [0.15, 0.2) is 34.8 Å². The molecule has 1 amide bonds. The lowest BCUT2D eigenvalue weighted by Crippen LogP contribution is -2.34. The van der Waals surface area contributed by atoms with Crippen LogP contribution in [0.2, 0.25) is 0 Å². The summed E-state index contributed by atoms with van der Waals surface area (Å²) in [6.07, 6.45) is 0.837. The van der Waals surface area contributed by atoms with Gasteiger partial charge >= 0.3 is 0 Å². The van der Waals surface area contributed by atoms with Gasteiger partial charge in [0.15, 0.2) is 0 Å². The number of nitrogens with two attached hydrogens (primary N) is 1. The van der Waals surface area contributed by atoms with Crippen molar-refractivity contribution in [2.75, 3.05) is 5.73 Å². The number of halogens is 1. The van der Waals surface area contributed by atoms with Crippen molar-refractivity contribution in [1.82, 2.24) is 5.32 Å². The molecule has 0 radical (unpaired) electrons. The SMILES string of the molecule is Cc1ccc(CC(C)NC(=O)c2cc(N)ccc2Br)s1. The Morgan fingerprint density at radius 1 is 1.40 bits per heavy atom. The molecule has 5 heteroatoms. The molecule has 0 aliphatic rings. The quantitative estimate of drug-likeness (QED) is 0.823. The predicted molar refractivity (Wildman–Crippen MR) is 88.2 cm³/mol. The molecule has 0 aliphatic heterocycles. The summed E-state index contributed by atoms with van der Waals surface area (Å²) >= 11 is 5.14.